The SMILES string of the molecule is CNCC(C)(C)COc1cccc(C)c1C. The van der Waals surface area contributed by atoms with Gasteiger partial charge in [-0.2, -0.15) is 0 Å². The van der Waals surface area contributed by atoms with Gasteiger partial charge in [0.1, 0.15) is 5.75 Å². The molecule has 1 aromatic rings. The molecule has 0 aromatic heterocycles. The van der Waals surface area contributed by atoms with Crippen molar-refractivity contribution in [3.05, 3.63) is 29.3 Å². The molecule has 0 fully saturated rings. The molecular weight excluding hydrogens is 198 g/mol. The molecule has 0 spiro atoms. The molecule has 0 bridgehead atoms. The third kappa shape index (κ3) is 3.53. The van der Waals surface area contributed by atoms with Gasteiger partial charge in [0.25, 0.3) is 0 Å². The molecule has 0 heterocycles. The first-order chi connectivity index (χ1) is 7.46. The molecule has 2 heteroatoms. The first kappa shape index (κ1) is 13.0. The molecule has 0 atom stereocenters. The summed E-state index contributed by atoms with van der Waals surface area (Å²) in [5.41, 5.74) is 2.68. The molecule has 0 aliphatic carbocycles. The van der Waals surface area contributed by atoms with Crippen molar-refractivity contribution in [3.8, 4) is 5.75 Å². The molecule has 16 heavy (non-hydrogen) atoms. The Morgan fingerprint density at radius 2 is 1.94 bits per heavy atom. The molecule has 0 saturated heterocycles. The van der Waals surface area contributed by atoms with E-state index in [1.165, 1.54) is 11.1 Å². The van der Waals surface area contributed by atoms with Crippen LogP contribution in [-0.4, -0.2) is 20.2 Å². The lowest BCUT2D eigenvalue weighted by molar-refractivity contribution is 0.178. The van der Waals surface area contributed by atoms with Gasteiger partial charge in [-0.05, 0) is 38.1 Å². The highest BCUT2D eigenvalue weighted by Gasteiger charge is 2.18. The summed E-state index contributed by atoms with van der Waals surface area (Å²) in [6.45, 7) is 10.3. The highest BCUT2D eigenvalue weighted by molar-refractivity contribution is 5.38. The first-order valence-corrected chi connectivity index (χ1v) is 5.80. The quantitative estimate of drug-likeness (QED) is 0.825. The van der Waals surface area contributed by atoms with Gasteiger partial charge in [-0.15, -0.1) is 0 Å². The second kappa shape index (κ2) is 5.35. The average Bonchev–Trinajstić information content (AvgIpc) is 2.20. The van der Waals surface area contributed by atoms with Crippen LogP contribution in [0.4, 0.5) is 0 Å². The van der Waals surface area contributed by atoms with E-state index in [2.05, 4.69) is 39.1 Å². The second-order valence-electron chi connectivity index (χ2n) is 5.18. The molecule has 0 aliphatic heterocycles. The standard InChI is InChI=1S/C14H23NO/c1-11-7-6-8-13(12(11)2)16-10-14(3,4)9-15-5/h6-8,15H,9-10H2,1-5H3. The second-order valence-corrected chi connectivity index (χ2v) is 5.18. The van der Waals surface area contributed by atoms with Crippen LogP contribution in [0.2, 0.25) is 0 Å². The zero-order valence-corrected chi connectivity index (χ0v) is 11.1. The number of ether oxygens (including phenoxy) is 1. The van der Waals surface area contributed by atoms with Crippen molar-refractivity contribution < 1.29 is 4.74 Å². The van der Waals surface area contributed by atoms with Gasteiger partial charge in [0.05, 0.1) is 6.61 Å². The van der Waals surface area contributed by atoms with E-state index in [1.807, 2.05) is 19.2 Å². The number of hydrogen-bond donors (Lipinski definition) is 1. The maximum atomic E-state index is 5.89. The maximum absolute atomic E-state index is 5.89. The minimum atomic E-state index is 0.158. The summed E-state index contributed by atoms with van der Waals surface area (Å²) in [6, 6.07) is 6.20. The Morgan fingerprint density at radius 3 is 2.56 bits per heavy atom. The lowest BCUT2D eigenvalue weighted by atomic mass is 9.95. The van der Waals surface area contributed by atoms with Crippen molar-refractivity contribution in [3.63, 3.8) is 0 Å². The monoisotopic (exact) mass is 221 g/mol. The van der Waals surface area contributed by atoms with E-state index in [-0.39, 0.29) is 5.41 Å². The largest absolute Gasteiger partial charge is 0.493 e. The van der Waals surface area contributed by atoms with Crippen LogP contribution in [0.25, 0.3) is 0 Å². The van der Waals surface area contributed by atoms with Crippen LogP contribution in [0.3, 0.4) is 0 Å². The molecule has 0 amide bonds. The van der Waals surface area contributed by atoms with Gasteiger partial charge in [-0.1, -0.05) is 26.0 Å². The number of hydrogen-bond acceptors (Lipinski definition) is 2. The van der Waals surface area contributed by atoms with Crippen molar-refractivity contribution in [1.29, 1.82) is 0 Å². The zero-order valence-electron chi connectivity index (χ0n) is 11.1. The molecular formula is C14H23NO. The van der Waals surface area contributed by atoms with Crippen LogP contribution in [0, 0.1) is 19.3 Å². The van der Waals surface area contributed by atoms with Gasteiger partial charge < -0.3 is 10.1 Å². The van der Waals surface area contributed by atoms with Gasteiger partial charge in [0.2, 0.25) is 0 Å². The van der Waals surface area contributed by atoms with E-state index < -0.39 is 0 Å². The fourth-order valence-corrected chi connectivity index (χ4v) is 1.68. The summed E-state index contributed by atoms with van der Waals surface area (Å²) in [5.74, 6) is 1.00. The van der Waals surface area contributed by atoms with Gasteiger partial charge in [0, 0.05) is 12.0 Å². The van der Waals surface area contributed by atoms with Crippen molar-refractivity contribution in [2.24, 2.45) is 5.41 Å². The van der Waals surface area contributed by atoms with Crippen molar-refractivity contribution >= 4 is 0 Å². The van der Waals surface area contributed by atoms with E-state index in [1.54, 1.807) is 0 Å². The lowest BCUT2D eigenvalue weighted by Gasteiger charge is -2.25. The van der Waals surface area contributed by atoms with E-state index in [0.29, 0.717) is 0 Å². The molecule has 0 saturated carbocycles. The molecule has 2 nitrogen and oxygen atoms in total. The highest BCUT2D eigenvalue weighted by atomic mass is 16.5. The Hall–Kier alpha value is -1.02. The van der Waals surface area contributed by atoms with Crippen LogP contribution in [0.1, 0.15) is 25.0 Å². The minimum Gasteiger partial charge on any atom is -0.493 e. The van der Waals surface area contributed by atoms with Gasteiger partial charge in [-0.25, -0.2) is 0 Å². The van der Waals surface area contributed by atoms with Crippen molar-refractivity contribution in [2.45, 2.75) is 27.7 Å². The van der Waals surface area contributed by atoms with Crippen molar-refractivity contribution in [1.82, 2.24) is 5.32 Å². The number of nitrogens with one attached hydrogen (secondary N) is 1. The van der Waals surface area contributed by atoms with Gasteiger partial charge >= 0.3 is 0 Å². The first-order valence-electron chi connectivity index (χ1n) is 5.80. The fourth-order valence-electron chi connectivity index (χ4n) is 1.68. The van der Waals surface area contributed by atoms with Crippen LogP contribution in [0.15, 0.2) is 18.2 Å². The molecule has 90 valence electrons. The van der Waals surface area contributed by atoms with Crippen LogP contribution >= 0.6 is 0 Å². The van der Waals surface area contributed by atoms with Gasteiger partial charge in [0.15, 0.2) is 0 Å². The van der Waals surface area contributed by atoms with E-state index >= 15 is 0 Å². The predicted octanol–water partition coefficient (Wildman–Crippen LogP) is 2.93. The van der Waals surface area contributed by atoms with E-state index in [0.717, 1.165) is 18.9 Å². The summed E-state index contributed by atoms with van der Waals surface area (Å²) in [5, 5.41) is 3.19. The third-order valence-corrected chi connectivity index (χ3v) is 2.83. The number of rotatable bonds is 5. The van der Waals surface area contributed by atoms with Gasteiger partial charge in [-0.3, -0.25) is 0 Å². The molecule has 0 radical (unpaired) electrons. The molecule has 1 N–H and O–H groups in total. The molecule has 0 aliphatic rings. The fraction of sp³-hybridized carbons (Fsp3) is 0.571. The van der Waals surface area contributed by atoms with Crippen LogP contribution in [-0.2, 0) is 0 Å². The van der Waals surface area contributed by atoms with Crippen LogP contribution < -0.4 is 10.1 Å². The smallest absolute Gasteiger partial charge is 0.122 e. The molecule has 1 aromatic carbocycles. The maximum Gasteiger partial charge on any atom is 0.122 e. The molecule has 0 unspecified atom stereocenters. The topological polar surface area (TPSA) is 21.3 Å². The molecule has 1 rings (SSSR count). The van der Waals surface area contributed by atoms with E-state index in [4.69, 9.17) is 4.74 Å². The Balaban J connectivity index is 2.64. The minimum absolute atomic E-state index is 0.158. The van der Waals surface area contributed by atoms with Crippen LogP contribution in [0.5, 0.6) is 5.75 Å². The Kier molecular flexibility index (Phi) is 4.36. The highest BCUT2D eigenvalue weighted by Crippen LogP contribution is 2.23. The summed E-state index contributed by atoms with van der Waals surface area (Å²) in [6.07, 6.45) is 0. The summed E-state index contributed by atoms with van der Waals surface area (Å²) in [7, 11) is 1.97. The zero-order chi connectivity index (χ0) is 12.2. The number of aryl methyl sites for hydroxylation is 1. The Bertz CT molecular complexity index is 345. The Morgan fingerprint density at radius 1 is 1.25 bits per heavy atom. The Labute approximate surface area is 99.0 Å². The normalized spacial score (nSPS) is 11.6. The third-order valence-electron chi connectivity index (χ3n) is 2.83. The average molecular weight is 221 g/mol. The predicted molar refractivity (Wildman–Crippen MR) is 69.1 cm³/mol. The summed E-state index contributed by atoms with van der Waals surface area (Å²) in [4.78, 5) is 0. The lowest BCUT2D eigenvalue weighted by Crippen LogP contribution is -2.32. The van der Waals surface area contributed by atoms with Crippen molar-refractivity contribution in [2.75, 3.05) is 20.2 Å². The van der Waals surface area contributed by atoms with E-state index in [9.17, 15) is 0 Å². The summed E-state index contributed by atoms with van der Waals surface area (Å²) >= 11 is 0. The summed E-state index contributed by atoms with van der Waals surface area (Å²) < 4.78 is 5.89. The number of benzene rings is 1.